The zero-order valence-electron chi connectivity index (χ0n) is 10.6. The number of hydrogen-bond donors (Lipinski definition) is 1. The predicted molar refractivity (Wildman–Crippen MR) is 72.6 cm³/mol. The molecule has 0 radical (unpaired) electrons. The average molecular weight is 250 g/mol. The summed E-state index contributed by atoms with van der Waals surface area (Å²) in [6, 6.07) is 0. The van der Waals surface area contributed by atoms with E-state index in [1.807, 2.05) is 11.3 Å². The molecule has 2 nitrogen and oxygen atoms in total. The Morgan fingerprint density at radius 3 is 2.94 bits per heavy atom. The lowest BCUT2D eigenvalue weighted by Gasteiger charge is -2.18. The third-order valence-corrected chi connectivity index (χ3v) is 5.71. The Morgan fingerprint density at radius 2 is 2.24 bits per heavy atom. The van der Waals surface area contributed by atoms with Gasteiger partial charge in [0.2, 0.25) is 0 Å². The van der Waals surface area contributed by atoms with E-state index in [9.17, 15) is 0 Å². The zero-order valence-corrected chi connectivity index (χ0v) is 11.4. The van der Waals surface area contributed by atoms with Crippen LogP contribution in [0.4, 0.5) is 0 Å². The van der Waals surface area contributed by atoms with Gasteiger partial charge in [-0.15, -0.1) is 11.3 Å². The molecule has 1 heterocycles. The van der Waals surface area contributed by atoms with Crippen LogP contribution in [0.2, 0.25) is 0 Å². The van der Waals surface area contributed by atoms with Crippen LogP contribution in [0, 0.1) is 5.92 Å². The lowest BCUT2D eigenvalue weighted by Crippen LogP contribution is -2.17. The largest absolute Gasteiger partial charge is 0.330 e. The van der Waals surface area contributed by atoms with Crippen molar-refractivity contribution in [2.75, 3.05) is 6.54 Å². The van der Waals surface area contributed by atoms with Gasteiger partial charge in [-0.25, -0.2) is 4.98 Å². The number of nitrogens with zero attached hydrogens (tertiary/aromatic N) is 1. The second kappa shape index (κ2) is 4.69. The van der Waals surface area contributed by atoms with E-state index in [-0.39, 0.29) is 0 Å². The molecule has 2 aliphatic carbocycles. The summed E-state index contributed by atoms with van der Waals surface area (Å²) in [6.45, 7) is 3.15. The van der Waals surface area contributed by atoms with Crippen molar-refractivity contribution in [1.82, 2.24) is 4.98 Å². The zero-order chi connectivity index (χ0) is 11.8. The van der Waals surface area contributed by atoms with Gasteiger partial charge in [0, 0.05) is 23.3 Å². The Labute approximate surface area is 108 Å². The van der Waals surface area contributed by atoms with E-state index in [0.717, 1.165) is 18.4 Å². The van der Waals surface area contributed by atoms with Gasteiger partial charge < -0.3 is 5.73 Å². The minimum atomic E-state index is 0.544. The Balaban J connectivity index is 1.85. The molecule has 94 valence electrons. The maximum atomic E-state index is 5.87. The molecule has 2 N–H and O–H groups in total. The van der Waals surface area contributed by atoms with Crippen LogP contribution in [-0.2, 0) is 6.42 Å². The summed E-state index contributed by atoms with van der Waals surface area (Å²) in [5.41, 5.74) is 7.23. The molecule has 3 atom stereocenters. The fourth-order valence-corrected chi connectivity index (χ4v) is 4.70. The molecule has 1 aromatic rings. The molecule has 0 saturated heterocycles. The molecule has 17 heavy (non-hydrogen) atoms. The van der Waals surface area contributed by atoms with Crippen LogP contribution in [0.15, 0.2) is 0 Å². The van der Waals surface area contributed by atoms with E-state index in [0.29, 0.717) is 5.92 Å². The highest BCUT2D eigenvalue weighted by Gasteiger charge is 2.29. The number of thiazole rings is 1. The second-order valence-corrected chi connectivity index (χ2v) is 6.92. The van der Waals surface area contributed by atoms with Crippen LogP contribution < -0.4 is 5.73 Å². The highest BCUT2D eigenvalue weighted by atomic mass is 32.1. The molecule has 0 spiro atoms. The molecule has 3 heteroatoms. The number of rotatable bonds is 2. The SMILES string of the molecule is CC1CCC(c2nc3c(s2)CCCC3CN)C1. The molecular weight excluding hydrogens is 228 g/mol. The number of hydrogen-bond acceptors (Lipinski definition) is 3. The first kappa shape index (κ1) is 11.7. The quantitative estimate of drug-likeness (QED) is 0.873. The van der Waals surface area contributed by atoms with Gasteiger partial charge in [0.25, 0.3) is 0 Å². The van der Waals surface area contributed by atoms with E-state index in [4.69, 9.17) is 10.7 Å². The Morgan fingerprint density at radius 1 is 1.35 bits per heavy atom. The summed E-state index contributed by atoms with van der Waals surface area (Å²) in [4.78, 5) is 6.50. The van der Waals surface area contributed by atoms with Crippen LogP contribution in [0.25, 0.3) is 0 Å². The minimum absolute atomic E-state index is 0.544. The molecule has 3 unspecified atom stereocenters. The predicted octanol–water partition coefficient (Wildman–Crippen LogP) is 3.43. The van der Waals surface area contributed by atoms with Crippen molar-refractivity contribution < 1.29 is 0 Å². The van der Waals surface area contributed by atoms with Crippen molar-refractivity contribution in [3.63, 3.8) is 0 Å². The van der Waals surface area contributed by atoms with E-state index in [1.165, 1.54) is 49.2 Å². The third-order valence-electron chi connectivity index (χ3n) is 4.42. The average Bonchev–Trinajstić information content (AvgIpc) is 2.93. The summed E-state index contributed by atoms with van der Waals surface area (Å²) in [6.07, 6.45) is 7.87. The van der Waals surface area contributed by atoms with Gasteiger partial charge in [0.15, 0.2) is 0 Å². The van der Waals surface area contributed by atoms with Crippen molar-refractivity contribution in [2.45, 2.75) is 57.3 Å². The van der Waals surface area contributed by atoms with E-state index < -0.39 is 0 Å². The van der Waals surface area contributed by atoms with Crippen LogP contribution in [-0.4, -0.2) is 11.5 Å². The Hall–Kier alpha value is -0.410. The van der Waals surface area contributed by atoms with Crippen molar-refractivity contribution in [1.29, 1.82) is 0 Å². The van der Waals surface area contributed by atoms with Gasteiger partial charge in [-0.2, -0.15) is 0 Å². The monoisotopic (exact) mass is 250 g/mol. The third kappa shape index (κ3) is 2.15. The maximum absolute atomic E-state index is 5.87. The molecule has 0 bridgehead atoms. The summed E-state index contributed by atoms with van der Waals surface area (Å²) in [5.74, 6) is 2.19. The maximum Gasteiger partial charge on any atom is 0.0962 e. The number of fused-ring (bicyclic) bond motifs is 1. The summed E-state index contributed by atoms with van der Waals surface area (Å²) in [7, 11) is 0. The molecular formula is C14H22N2S. The number of nitrogens with two attached hydrogens (primary N) is 1. The number of aromatic nitrogens is 1. The lowest BCUT2D eigenvalue weighted by atomic mass is 9.91. The smallest absolute Gasteiger partial charge is 0.0962 e. The second-order valence-electron chi connectivity index (χ2n) is 5.80. The van der Waals surface area contributed by atoms with Gasteiger partial charge in [-0.1, -0.05) is 13.3 Å². The molecule has 2 aliphatic rings. The molecule has 1 aromatic heterocycles. The topological polar surface area (TPSA) is 38.9 Å². The highest BCUT2D eigenvalue weighted by Crippen LogP contribution is 2.43. The molecule has 1 fully saturated rings. The molecule has 3 rings (SSSR count). The van der Waals surface area contributed by atoms with Gasteiger partial charge in [-0.3, -0.25) is 0 Å². The highest BCUT2D eigenvalue weighted by molar-refractivity contribution is 7.11. The van der Waals surface area contributed by atoms with E-state index in [2.05, 4.69) is 6.92 Å². The fourth-order valence-electron chi connectivity index (χ4n) is 3.36. The molecule has 0 aromatic carbocycles. The number of aryl methyl sites for hydroxylation is 1. The molecule has 1 saturated carbocycles. The normalized spacial score (nSPS) is 32.7. The first-order chi connectivity index (χ1) is 8.28. The lowest BCUT2D eigenvalue weighted by molar-refractivity contribution is 0.549. The summed E-state index contributed by atoms with van der Waals surface area (Å²) in [5, 5.41) is 1.42. The van der Waals surface area contributed by atoms with Gasteiger partial charge in [0.05, 0.1) is 10.7 Å². The van der Waals surface area contributed by atoms with Crippen molar-refractivity contribution in [3.8, 4) is 0 Å². The van der Waals surface area contributed by atoms with Gasteiger partial charge in [-0.05, 0) is 38.0 Å². The Bertz CT molecular complexity index is 399. The molecule has 0 amide bonds. The van der Waals surface area contributed by atoms with Crippen LogP contribution in [0.5, 0.6) is 0 Å². The first-order valence-electron chi connectivity index (χ1n) is 6.97. The van der Waals surface area contributed by atoms with Crippen LogP contribution >= 0.6 is 11.3 Å². The standard InChI is InChI=1S/C14H22N2S/c1-9-5-6-10(7-9)14-16-13-11(8-15)3-2-4-12(13)17-14/h9-11H,2-8,15H2,1H3. The van der Waals surface area contributed by atoms with Crippen molar-refractivity contribution in [2.24, 2.45) is 11.7 Å². The van der Waals surface area contributed by atoms with Crippen molar-refractivity contribution >= 4 is 11.3 Å². The van der Waals surface area contributed by atoms with Gasteiger partial charge in [0.1, 0.15) is 0 Å². The van der Waals surface area contributed by atoms with Gasteiger partial charge >= 0.3 is 0 Å². The van der Waals surface area contributed by atoms with E-state index in [1.54, 1.807) is 4.88 Å². The Kier molecular flexibility index (Phi) is 3.22. The minimum Gasteiger partial charge on any atom is -0.330 e. The van der Waals surface area contributed by atoms with Crippen LogP contribution in [0.1, 0.15) is 66.4 Å². The molecule has 0 aliphatic heterocycles. The summed E-state index contributed by atoms with van der Waals surface area (Å²) < 4.78 is 0. The van der Waals surface area contributed by atoms with E-state index >= 15 is 0 Å². The van der Waals surface area contributed by atoms with Crippen molar-refractivity contribution in [3.05, 3.63) is 15.6 Å². The van der Waals surface area contributed by atoms with Crippen LogP contribution in [0.3, 0.4) is 0 Å². The fraction of sp³-hybridized carbons (Fsp3) is 0.786. The first-order valence-corrected chi connectivity index (χ1v) is 7.79. The summed E-state index contributed by atoms with van der Waals surface area (Å²) >= 11 is 1.99.